The molecule has 4 aliphatic heterocycles. The summed E-state index contributed by atoms with van der Waals surface area (Å²) in [4.78, 5) is 226. The Kier molecular flexibility index (Phi) is 30.1. The zero-order chi connectivity index (χ0) is 78.0. The molecule has 7 rings (SSSR count). The maximum Gasteiger partial charge on any atom is 0.312 e. The van der Waals surface area contributed by atoms with E-state index >= 15 is 23.4 Å². The highest BCUT2D eigenvalue weighted by Crippen LogP contribution is 2.34. The molecule has 0 saturated carbocycles. The molecule has 2 bridgehead atoms. The first kappa shape index (κ1) is 83.3. The van der Waals surface area contributed by atoms with Crippen LogP contribution in [0, 0.1) is 35.5 Å². The molecule has 12 amide bonds. The number of benzene rings is 2. The molecule has 35 heteroatoms. The van der Waals surface area contributed by atoms with Gasteiger partial charge in [0.25, 0.3) is 11.8 Å². The molecule has 2 aromatic carbocycles. The van der Waals surface area contributed by atoms with Gasteiger partial charge in [-0.15, -0.1) is 0 Å². The number of rotatable bonds is 26. The van der Waals surface area contributed by atoms with E-state index in [-0.39, 0.29) is 83.7 Å². The molecular formula is C71H95N13O21S. The number of phenolic OH excluding ortho intramolecular Hbond substituents is 1. The molecule has 0 spiro atoms. The number of carbonyl (C=O) groups is 16. The van der Waals surface area contributed by atoms with Crippen molar-refractivity contribution < 1.29 is 101 Å². The average molecular weight is 1500 g/mol. The lowest BCUT2D eigenvalue weighted by Crippen LogP contribution is -2.57. The minimum atomic E-state index is -2.46. The van der Waals surface area contributed by atoms with Crippen molar-refractivity contribution in [2.75, 3.05) is 50.4 Å². The molecule has 106 heavy (non-hydrogen) atoms. The van der Waals surface area contributed by atoms with Gasteiger partial charge in [-0.1, -0.05) is 53.2 Å². The molecule has 3 aromatic rings. The highest BCUT2D eigenvalue weighted by Gasteiger charge is 2.47. The predicted octanol–water partition coefficient (Wildman–Crippen LogP) is -2.32. The van der Waals surface area contributed by atoms with E-state index < -0.39 is 266 Å². The summed E-state index contributed by atoms with van der Waals surface area (Å²) in [5.74, 6) is -20.1. The summed E-state index contributed by atoms with van der Waals surface area (Å²) >= 11 is 0. The number of Topliss-reactive ketones (excluding diaryl/α,β-unsaturated/α-hetero) is 5. The minimum Gasteiger partial charge on any atom is -0.508 e. The van der Waals surface area contributed by atoms with Gasteiger partial charge >= 0.3 is 6.03 Å². The smallest absolute Gasteiger partial charge is 0.312 e. The van der Waals surface area contributed by atoms with Gasteiger partial charge in [0.15, 0.2) is 23.1 Å². The molecule has 4 unspecified atom stereocenters. The number of aromatic nitrogens is 1. The SMILES string of the molecule is CC[C@H](C)[C@@H]1NC(=O)CNC(=O)C2CC(=O)[C@H]([C@@H](C)[C@@H](O)CO)NC(=O)[C@@H]3CC(O)CN3C(Cc3ccc(NC(=O)[C@H](CCCNC(N)=O)CC(=O)[C@@H](NC(=O)CCC(=O)CCN4C(=O)C=CC4=O)C(C)C)cc3)C(=O)[C@H](CC(N)=O)CC(=O)C(C[S@@](=O)c3[nH]c4cc(O)ccc4c3C2)NC(=O)CNC1=O. The number of phenols is 1. The zero-order valence-electron chi connectivity index (χ0n) is 59.6. The fourth-order valence-electron chi connectivity index (χ4n) is 13.4. The monoisotopic (exact) mass is 1500 g/mol. The number of imide groups is 1. The standard InChI is InChI=1S/C71H95N13O21S/c1-6-36(4)63-69(103)76-30-58(95)78-49-34-106(105)70-47(46-15-13-44(87)28-48(46)79-70)23-41(66(100)75-31-59(96)81-63)26-54(91)64(37(5)55(92)33-85)82-68(102)51-29-45(88)32-84(51)50(65(99)40(25-52(49)89)27-56(72)93)22-38-9-11-42(12-10-38)77-67(101)39(8-7-20-74-71(73)104)24-53(90)62(35(2)3)80-57(94)16-14-43(86)19-21-83-60(97)17-18-61(83)98/h9-13,15,17-18,28,35-37,39-41,45,49-51,55,62-64,79,85,87-88,92H,6-8,14,16,19-27,29-34H2,1-5H3,(H2,72,93)(H,75,100)(H,76,103)(H,77,101)(H,78,95)(H,80,94)(H,81,96)(H,82,102)(H3,73,74,104)/t36-,37-,39+,40-,41?,45?,49?,50?,51-,55-,62-,63-,64-,106+/m0/s1. The van der Waals surface area contributed by atoms with E-state index in [4.69, 9.17) is 11.5 Å². The van der Waals surface area contributed by atoms with Gasteiger partial charge in [0, 0.05) is 118 Å². The number of amides is 12. The van der Waals surface area contributed by atoms with Crippen LogP contribution < -0.4 is 54.0 Å². The summed E-state index contributed by atoms with van der Waals surface area (Å²) < 4.78 is 15.2. The maximum absolute atomic E-state index is 15.8. The number of nitrogens with zero attached hydrogens (tertiary/aromatic N) is 2. The van der Waals surface area contributed by atoms with Crippen molar-refractivity contribution in [2.45, 2.75) is 172 Å². The lowest BCUT2D eigenvalue weighted by molar-refractivity contribution is -0.139. The highest BCUT2D eigenvalue weighted by atomic mass is 32.2. The van der Waals surface area contributed by atoms with Crippen LogP contribution in [0.5, 0.6) is 5.75 Å². The average Bonchev–Trinajstić information content (AvgIpc) is 1.65. The summed E-state index contributed by atoms with van der Waals surface area (Å²) in [6.45, 7) is 4.83. The molecule has 4 aliphatic rings. The summed E-state index contributed by atoms with van der Waals surface area (Å²) in [6.07, 6.45) is -5.62. The van der Waals surface area contributed by atoms with Crippen molar-refractivity contribution in [1.29, 1.82) is 0 Å². The van der Waals surface area contributed by atoms with E-state index in [9.17, 15) is 78.0 Å². The van der Waals surface area contributed by atoms with Crippen LogP contribution in [0.15, 0.2) is 59.6 Å². The molecule has 5 heterocycles. The Morgan fingerprint density at radius 2 is 1.45 bits per heavy atom. The largest absolute Gasteiger partial charge is 0.508 e. The molecular weight excluding hydrogens is 1400 g/mol. The third-order valence-corrected chi connectivity index (χ3v) is 21.1. The van der Waals surface area contributed by atoms with Crippen LogP contribution in [-0.2, 0) is 95.6 Å². The van der Waals surface area contributed by atoms with Crippen LogP contribution in [0.3, 0.4) is 0 Å². The Morgan fingerprint density at radius 1 is 0.783 bits per heavy atom. The topological polar surface area (TPSA) is 542 Å². The molecule has 0 radical (unpaired) electrons. The molecule has 1 aromatic heterocycles. The molecule has 0 aliphatic carbocycles. The van der Waals surface area contributed by atoms with E-state index in [0.717, 1.165) is 17.1 Å². The second-order valence-corrected chi connectivity index (χ2v) is 29.2. The van der Waals surface area contributed by atoms with Crippen LogP contribution in [0.1, 0.15) is 116 Å². The van der Waals surface area contributed by atoms with Crippen LogP contribution in [0.4, 0.5) is 10.5 Å². The van der Waals surface area contributed by atoms with Crippen molar-refractivity contribution in [1.82, 2.24) is 52.0 Å². The summed E-state index contributed by atoms with van der Waals surface area (Å²) in [6, 6.07) is -0.315. The number of hydrogen-bond acceptors (Lipinski definition) is 22. The summed E-state index contributed by atoms with van der Waals surface area (Å²) in [5, 5.41) is 64.3. The lowest BCUT2D eigenvalue weighted by Gasteiger charge is -2.35. The number of primary amides is 2. The first-order chi connectivity index (χ1) is 50.2. The Bertz CT molecular complexity index is 3900. The van der Waals surface area contributed by atoms with Crippen molar-refractivity contribution in [3.05, 3.63) is 65.7 Å². The number of H-pyrrole nitrogens is 1. The molecule has 576 valence electrons. The second kappa shape index (κ2) is 38.3. The van der Waals surface area contributed by atoms with Gasteiger partial charge in [-0.25, -0.2) is 4.79 Å². The van der Waals surface area contributed by atoms with E-state index in [2.05, 4.69) is 47.5 Å². The molecule has 17 N–H and O–H groups in total. The number of aromatic hydroxyl groups is 1. The molecule has 1 fully saturated rings. The van der Waals surface area contributed by atoms with Crippen molar-refractivity contribution in [3.8, 4) is 5.75 Å². The Morgan fingerprint density at radius 3 is 2.09 bits per heavy atom. The Balaban J connectivity index is 1.25. The van der Waals surface area contributed by atoms with Crippen molar-refractivity contribution in [2.24, 2.45) is 47.0 Å². The number of nitrogens with one attached hydrogen (secondary N) is 9. The van der Waals surface area contributed by atoms with Gasteiger partial charge < -0.3 is 79.4 Å². The number of nitrogens with two attached hydrogens (primary N) is 2. The van der Waals surface area contributed by atoms with E-state index in [0.29, 0.717) is 6.42 Å². The number of aliphatic hydroxyl groups is 3. The number of carbonyl (C=O) groups excluding carboxylic acids is 16. The number of anilines is 1. The molecule has 34 nitrogen and oxygen atoms in total. The highest BCUT2D eigenvalue weighted by molar-refractivity contribution is 7.85. The number of fused-ring (bicyclic) bond motifs is 5. The number of urea groups is 1. The molecule has 1 saturated heterocycles. The van der Waals surface area contributed by atoms with Gasteiger partial charge in [-0.05, 0) is 79.3 Å². The van der Waals surface area contributed by atoms with Gasteiger partial charge in [0.1, 0.15) is 22.6 Å². The second-order valence-electron chi connectivity index (χ2n) is 27.8. The van der Waals surface area contributed by atoms with Gasteiger partial charge in [-0.2, -0.15) is 0 Å². The van der Waals surface area contributed by atoms with Gasteiger partial charge in [0.05, 0.1) is 84.2 Å². The number of hydrogen-bond donors (Lipinski definition) is 15. The van der Waals surface area contributed by atoms with E-state index in [1.54, 1.807) is 27.7 Å². The van der Waals surface area contributed by atoms with Gasteiger partial charge in [0.2, 0.25) is 47.3 Å². The van der Waals surface area contributed by atoms with E-state index in [1.165, 1.54) is 54.3 Å². The number of aromatic amines is 1. The van der Waals surface area contributed by atoms with E-state index in [1.807, 2.05) is 0 Å². The quantitative estimate of drug-likeness (QED) is 0.0296. The first-order valence-electron chi connectivity index (χ1n) is 35.2. The fourth-order valence-corrected chi connectivity index (χ4v) is 14.8. The van der Waals surface area contributed by atoms with Gasteiger partial charge in [-0.3, -0.25) is 85.9 Å². The Labute approximate surface area is 612 Å². The summed E-state index contributed by atoms with van der Waals surface area (Å²) in [7, 11) is -2.46. The van der Waals surface area contributed by atoms with Crippen LogP contribution >= 0.6 is 0 Å². The summed E-state index contributed by atoms with van der Waals surface area (Å²) in [5.41, 5.74) is 11.8. The third kappa shape index (κ3) is 22.8. The maximum atomic E-state index is 15.8. The number of ketones is 5. The first-order valence-corrected chi connectivity index (χ1v) is 36.6. The fraction of sp³-hybridized carbons (Fsp3) is 0.549. The van der Waals surface area contributed by atoms with Crippen molar-refractivity contribution in [3.63, 3.8) is 0 Å². The van der Waals surface area contributed by atoms with Crippen LogP contribution in [-0.4, -0.2) is 227 Å². The predicted molar refractivity (Wildman–Crippen MR) is 379 cm³/mol. The number of aliphatic hydroxyl groups excluding tert-OH is 3. The zero-order valence-corrected chi connectivity index (χ0v) is 60.4. The minimum absolute atomic E-state index is 0.00373. The van der Waals surface area contributed by atoms with Crippen LogP contribution in [0.2, 0.25) is 0 Å². The Hall–Kier alpha value is -9.97. The third-order valence-electron chi connectivity index (χ3n) is 19.6. The van der Waals surface area contributed by atoms with Crippen molar-refractivity contribution >= 4 is 121 Å². The lowest BCUT2D eigenvalue weighted by atomic mass is 9.85. The van der Waals surface area contributed by atoms with Crippen LogP contribution in [0.25, 0.3) is 10.9 Å². The normalized spacial score (nSPS) is 24.1. The molecule has 14 atom stereocenters.